The summed E-state index contributed by atoms with van der Waals surface area (Å²) in [5.41, 5.74) is -8.41. The Bertz CT molecular complexity index is 972. The van der Waals surface area contributed by atoms with Crippen molar-refractivity contribution in [3.05, 3.63) is 0 Å². The van der Waals surface area contributed by atoms with Crippen molar-refractivity contribution >= 4 is 23.9 Å². The van der Waals surface area contributed by atoms with E-state index in [1.807, 2.05) is 0 Å². The summed E-state index contributed by atoms with van der Waals surface area (Å²) in [6.07, 6.45) is -5.97. The summed E-state index contributed by atoms with van der Waals surface area (Å²) in [6, 6.07) is 0. The minimum atomic E-state index is -2.80. The summed E-state index contributed by atoms with van der Waals surface area (Å²) in [7, 11) is 1.07. The summed E-state index contributed by atoms with van der Waals surface area (Å²) in [4.78, 5) is 50.7. The lowest BCUT2D eigenvalue weighted by Crippen LogP contribution is -2.67. The largest absolute Gasteiger partial charge is 0.462 e. The van der Waals surface area contributed by atoms with Crippen LogP contribution in [0.5, 0.6) is 0 Å². The van der Waals surface area contributed by atoms with Gasteiger partial charge in [-0.1, -0.05) is 0 Å². The lowest BCUT2D eigenvalue weighted by atomic mass is 9.77. The summed E-state index contributed by atoms with van der Waals surface area (Å²) < 4.78 is 32.3. The smallest absolute Gasteiger partial charge is 0.345 e. The van der Waals surface area contributed by atoms with Crippen LogP contribution >= 0.6 is 0 Å². The fourth-order valence-corrected chi connectivity index (χ4v) is 3.94. The van der Waals surface area contributed by atoms with E-state index in [0.717, 1.165) is 7.11 Å². The van der Waals surface area contributed by atoms with Gasteiger partial charge in [-0.2, -0.15) is 0 Å². The summed E-state index contributed by atoms with van der Waals surface area (Å²) in [6.45, 7) is 11.7. The van der Waals surface area contributed by atoms with Gasteiger partial charge in [0.05, 0.1) is 16.2 Å². The number of aliphatic hydroxyl groups excluding tert-OH is 2. The van der Waals surface area contributed by atoms with Crippen LogP contribution in [-0.2, 0) is 47.6 Å². The zero-order valence-corrected chi connectivity index (χ0v) is 24.3. The van der Waals surface area contributed by atoms with E-state index in [4.69, 9.17) is 28.4 Å². The van der Waals surface area contributed by atoms with E-state index in [2.05, 4.69) is 0 Å². The zero-order chi connectivity index (χ0) is 30.4. The predicted octanol–water partition coefficient (Wildman–Crippen LogP) is 0.244. The van der Waals surface area contributed by atoms with Gasteiger partial charge in [-0.05, 0) is 62.3 Å². The lowest BCUT2D eigenvalue weighted by molar-refractivity contribution is -0.301. The van der Waals surface area contributed by atoms with Crippen LogP contribution in [-0.4, -0.2) is 101 Å². The molecule has 13 nitrogen and oxygen atoms in total. The van der Waals surface area contributed by atoms with Crippen molar-refractivity contribution in [3.63, 3.8) is 0 Å². The Kier molecular flexibility index (Phi) is 8.92. The Morgan fingerprint density at radius 1 is 0.795 bits per heavy atom. The van der Waals surface area contributed by atoms with Gasteiger partial charge in [0, 0.05) is 7.11 Å². The molecule has 0 radical (unpaired) electrons. The van der Waals surface area contributed by atoms with Gasteiger partial charge in [-0.25, -0.2) is 4.79 Å². The first-order valence-corrected chi connectivity index (χ1v) is 12.6. The van der Waals surface area contributed by atoms with E-state index in [0.29, 0.717) is 0 Å². The van der Waals surface area contributed by atoms with Crippen LogP contribution in [0.2, 0.25) is 0 Å². The third-order valence-electron chi connectivity index (χ3n) is 6.60. The fourth-order valence-electron chi connectivity index (χ4n) is 3.94. The average molecular weight is 563 g/mol. The summed E-state index contributed by atoms with van der Waals surface area (Å²) in [5.74, 6) is -5.86. The molecular formula is C26H42O13. The number of ether oxygens (including phenoxy) is 6. The molecule has 0 unspecified atom stereocenters. The van der Waals surface area contributed by atoms with Gasteiger partial charge in [-0.15, -0.1) is 0 Å². The van der Waals surface area contributed by atoms with Crippen LogP contribution in [0.25, 0.3) is 0 Å². The van der Waals surface area contributed by atoms with Crippen LogP contribution < -0.4 is 0 Å². The van der Waals surface area contributed by atoms with E-state index in [-0.39, 0.29) is 0 Å². The van der Waals surface area contributed by atoms with Gasteiger partial charge in [0.1, 0.15) is 32.0 Å². The van der Waals surface area contributed by atoms with Crippen LogP contribution in [0.3, 0.4) is 0 Å². The second-order valence-electron chi connectivity index (χ2n) is 13.1. The Hall–Kier alpha value is -2.32. The summed E-state index contributed by atoms with van der Waals surface area (Å²) in [5, 5.41) is 34.2. The van der Waals surface area contributed by atoms with Gasteiger partial charge in [-0.3, -0.25) is 14.4 Å². The standard InChI is InChI=1S/C26H42O13/c1-21(2,3)17(29)35-11-14-24(33,12-36-18(30)22(4,5)6)26(20(32)38-14)16(28)15(27)25(34-10,39-26)13-37-19(31)23(7,8)9/h14-16,27-28,33H,11-13H2,1-10H3/t14-,15-,16+,24+,25+,26+/m1/s1. The Balaban J connectivity index is 2.53. The van der Waals surface area contributed by atoms with Crippen LogP contribution in [0.4, 0.5) is 0 Å². The SMILES string of the molecule is CO[C@@]1(COC(=O)C(C)(C)C)O[C@]2(C(=O)O[C@H](COC(=O)C(C)(C)C)[C@@]2(O)COC(=O)C(C)(C)C)[C@@H](O)[C@H]1O. The number of carbonyl (C=O) groups is 4. The first kappa shape index (κ1) is 32.9. The number of methoxy groups -OCH3 is 1. The highest BCUT2D eigenvalue weighted by molar-refractivity contribution is 5.87. The van der Waals surface area contributed by atoms with Crippen molar-refractivity contribution in [1.29, 1.82) is 0 Å². The van der Waals surface area contributed by atoms with Crippen LogP contribution in [0.15, 0.2) is 0 Å². The highest BCUT2D eigenvalue weighted by Crippen LogP contribution is 2.52. The maximum absolute atomic E-state index is 13.3. The number of hydrogen-bond donors (Lipinski definition) is 3. The van der Waals surface area contributed by atoms with Crippen molar-refractivity contribution in [1.82, 2.24) is 0 Å². The first-order chi connectivity index (χ1) is 17.5. The third-order valence-corrected chi connectivity index (χ3v) is 6.60. The quantitative estimate of drug-likeness (QED) is 0.283. The molecule has 0 aromatic carbocycles. The minimum Gasteiger partial charge on any atom is -0.462 e. The molecule has 2 heterocycles. The highest BCUT2D eigenvalue weighted by Gasteiger charge is 2.81. The Labute approximate surface area is 228 Å². The van der Waals surface area contributed by atoms with Crippen molar-refractivity contribution in [2.45, 2.75) is 97.6 Å². The average Bonchev–Trinajstić information content (AvgIpc) is 3.16. The molecule has 0 aromatic heterocycles. The molecule has 224 valence electrons. The number of aliphatic hydroxyl groups is 3. The van der Waals surface area contributed by atoms with E-state index in [1.165, 1.54) is 0 Å². The molecule has 0 aliphatic carbocycles. The molecule has 0 aromatic rings. The van der Waals surface area contributed by atoms with Crippen molar-refractivity contribution in [2.24, 2.45) is 16.2 Å². The molecule has 2 rings (SSSR count). The van der Waals surface area contributed by atoms with E-state index < -0.39 is 95.2 Å². The van der Waals surface area contributed by atoms with Gasteiger partial charge in [0.25, 0.3) is 0 Å². The number of cyclic esters (lactones) is 1. The monoisotopic (exact) mass is 562 g/mol. The van der Waals surface area contributed by atoms with Crippen LogP contribution in [0.1, 0.15) is 62.3 Å². The minimum absolute atomic E-state index is 0.693. The number of rotatable bonds is 7. The van der Waals surface area contributed by atoms with Crippen molar-refractivity contribution in [2.75, 3.05) is 26.9 Å². The molecule has 0 bridgehead atoms. The molecule has 0 saturated carbocycles. The normalized spacial score (nSPS) is 33.2. The number of esters is 4. The van der Waals surface area contributed by atoms with E-state index >= 15 is 0 Å². The highest BCUT2D eigenvalue weighted by atomic mass is 16.8. The predicted molar refractivity (Wildman–Crippen MR) is 132 cm³/mol. The van der Waals surface area contributed by atoms with Gasteiger partial charge >= 0.3 is 23.9 Å². The second-order valence-corrected chi connectivity index (χ2v) is 13.1. The molecule has 39 heavy (non-hydrogen) atoms. The molecular weight excluding hydrogens is 520 g/mol. The summed E-state index contributed by atoms with van der Waals surface area (Å²) >= 11 is 0. The molecule has 2 aliphatic rings. The topological polar surface area (TPSA) is 184 Å². The molecule has 6 atom stereocenters. The second kappa shape index (κ2) is 10.6. The van der Waals surface area contributed by atoms with Crippen LogP contribution in [0, 0.1) is 16.2 Å². The molecule has 2 fully saturated rings. The molecule has 13 heteroatoms. The Morgan fingerprint density at radius 2 is 1.23 bits per heavy atom. The van der Waals surface area contributed by atoms with Gasteiger partial charge < -0.3 is 43.7 Å². The molecule has 2 aliphatic heterocycles. The van der Waals surface area contributed by atoms with Crippen molar-refractivity contribution < 1.29 is 62.9 Å². The number of carbonyl (C=O) groups excluding carboxylic acids is 4. The maximum atomic E-state index is 13.3. The third kappa shape index (κ3) is 5.92. The van der Waals surface area contributed by atoms with Crippen molar-refractivity contribution in [3.8, 4) is 0 Å². The molecule has 0 amide bonds. The first-order valence-electron chi connectivity index (χ1n) is 12.6. The van der Waals surface area contributed by atoms with Gasteiger partial charge in [0.2, 0.25) is 11.4 Å². The van der Waals surface area contributed by atoms with Gasteiger partial charge in [0.15, 0.2) is 11.7 Å². The maximum Gasteiger partial charge on any atom is 0.345 e. The lowest BCUT2D eigenvalue weighted by Gasteiger charge is -2.39. The van der Waals surface area contributed by atoms with E-state index in [9.17, 15) is 34.5 Å². The molecule has 1 spiro atoms. The molecule has 2 saturated heterocycles. The number of hydrogen-bond acceptors (Lipinski definition) is 13. The molecule has 3 N–H and O–H groups in total. The fraction of sp³-hybridized carbons (Fsp3) is 0.846. The van der Waals surface area contributed by atoms with E-state index in [1.54, 1.807) is 62.3 Å². The zero-order valence-electron chi connectivity index (χ0n) is 24.3. The Morgan fingerprint density at radius 3 is 1.67 bits per heavy atom.